The van der Waals surface area contributed by atoms with Gasteiger partial charge >= 0.3 is 0 Å². The molecule has 0 aliphatic carbocycles. The minimum Gasteiger partial charge on any atom is -0.486 e. The van der Waals surface area contributed by atoms with Gasteiger partial charge in [0.05, 0.1) is 22.6 Å². The summed E-state index contributed by atoms with van der Waals surface area (Å²) < 4.78 is 38.3. The third-order valence-electron chi connectivity index (χ3n) is 5.87. The second-order valence-corrected chi connectivity index (χ2v) is 9.89. The monoisotopic (exact) mass is 455 g/mol. The molecule has 0 saturated carbocycles. The molecular weight excluding hydrogens is 430 g/mol. The molecule has 2 aliphatic heterocycles. The number of hydrogen-bond donors (Lipinski definition) is 1. The van der Waals surface area contributed by atoms with Crippen molar-refractivity contribution in [2.24, 2.45) is 5.92 Å². The Morgan fingerprint density at radius 1 is 1.09 bits per heavy atom. The molecule has 2 heterocycles. The van der Waals surface area contributed by atoms with Gasteiger partial charge in [-0.3, -0.25) is 4.79 Å². The van der Waals surface area contributed by atoms with Crippen LogP contribution in [0.25, 0.3) is 0 Å². The Hall–Kier alpha value is -3.09. The summed E-state index contributed by atoms with van der Waals surface area (Å²) in [7, 11) is -3.64. The summed E-state index contributed by atoms with van der Waals surface area (Å²) in [5, 5.41) is 11.9. The Balaban J connectivity index is 1.34. The predicted octanol–water partition coefficient (Wildman–Crippen LogP) is 2.61. The van der Waals surface area contributed by atoms with Gasteiger partial charge in [0, 0.05) is 19.0 Å². The van der Waals surface area contributed by atoms with Crippen LogP contribution in [0.5, 0.6) is 11.5 Å². The van der Waals surface area contributed by atoms with E-state index in [1.807, 2.05) is 31.2 Å². The minimum atomic E-state index is -3.64. The first-order valence-electron chi connectivity index (χ1n) is 10.6. The fraction of sp³-hybridized carbons (Fsp3) is 0.391. The number of fused-ring (bicyclic) bond motifs is 1. The van der Waals surface area contributed by atoms with Gasteiger partial charge in [0.15, 0.2) is 11.5 Å². The van der Waals surface area contributed by atoms with Gasteiger partial charge in [-0.15, -0.1) is 0 Å². The largest absolute Gasteiger partial charge is 0.486 e. The molecule has 1 amide bonds. The van der Waals surface area contributed by atoms with E-state index in [4.69, 9.17) is 14.7 Å². The number of nitrogens with zero attached hydrogens (tertiary/aromatic N) is 2. The molecule has 1 atom stereocenters. The lowest BCUT2D eigenvalue weighted by atomic mass is 9.96. The summed E-state index contributed by atoms with van der Waals surface area (Å²) in [6.07, 6.45) is 0.907. The summed E-state index contributed by atoms with van der Waals surface area (Å²) in [5.74, 6) is 1.05. The number of carbonyl (C=O) groups excluding carboxylic acids is 1. The first kappa shape index (κ1) is 22.1. The topological polar surface area (TPSA) is 109 Å². The van der Waals surface area contributed by atoms with Crippen LogP contribution in [0.15, 0.2) is 47.4 Å². The smallest absolute Gasteiger partial charge is 0.243 e. The van der Waals surface area contributed by atoms with Crippen LogP contribution in [-0.2, 0) is 14.8 Å². The standard InChI is InChI=1S/C23H25N3O5S/c1-16(19-4-7-21-22(14-19)31-13-12-30-21)25-23(27)18-8-10-26(11-9-18)32(28,29)20-5-2-17(15-24)3-6-20/h2-7,14,16,18H,8-13H2,1H3,(H,25,27)/t16-/m1/s1. The quantitative estimate of drug-likeness (QED) is 0.742. The summed E-state index contributed by atoms with van der Waals surface area (Å²) in [6, 6.07) is 13.3. The van der Waals surface area contributed by atoms with Crippen molar-refractivity contribution in [3.63, 3.8) is 0 Å². The molecule has 0 unspecified atom stereocenters. The molecule has 0 spiro atoms. The molecule has 0 aromatic heterocycles. The van der Waals surface area contributed by atoms with Crippen molar-refractivity contribution in [2.45, 2.75) is 30.7 Å². The van der Waals surface area contributed by atoms with Gasteiger partial charge in [-0.05, 0) is 61.7 Å². The lowest BCUT2D eigenvalue weighted by Crippen LogP contribution is -2.43. The maximum atomic E-state index is 12.9. The molecule has 0 radical (unpaired) electrons. The number of nitrogens with one attached hydrogen (secondary N) is 1. The van der Waals surface area contributed by atoms with Crippen LogP contribution >= 0.6 is 0 Å². The second-order valence-electron chi connectivity index (χ2n) is 7.95. The van der Waals surface area contributed by atoms with Gasteiger partial charge < -0.3 is 14.8 Å². The SMILES string of the molecule is C[C@@H](NC(=O)C1CCN(S(=O)(=O)c2ccc(C#N)cc2)CC1)c1ccc2c(c1)OCCO2. The first-order chi connectivity index (χ1) is 15.4. The summed E-state index contributed by atoms with van der Waals surface area (Å²) in [6.45, 7) is 3.49. The van der Waals surface area contributed by atoms with Crippen molar-refractivity contribution >= 4 is 15.9 Å². The van der Waals surface area contributed by atoms with Crippen molar-refractivity contribution < 1.29 is 22.7 Å². The van der Waals surface area contributed by atoms with Crippen molar-refractivity contribution in [1.29, 1.82) is 5.26 Å². The zero-order chi connectivity index (χ0) is 22.7. The zero-order valence-corrected chi connectivity index (χ0v) is 18.6. The average molecular weight is 456 g/mol. The highest BCUT2D eigenvalue weighted by Crippen LogP contribution is 2.33. The van der Waals surface area contributed by atoms with E-state index in [9.17, 15) is 13.2 Å². The van der Waals surface area contributed by atoms with Crippen LogP contribution in [0.4, 0.5) is 0 Å². The Morgan fingerprint density at radius 3 is 2.41 bits per heavy atom. The van der Waals surface area contributed by atoms with Crippen LogP contribution in [0.3, 0.4) is 0 Å². The average Bonchev–Trinajstić information content (AvgIpc) is 2.83. The van der Waals surface area contributed by atoms with Gasteiger partial charge in [0.25, 0.3) is 0 Å². The minimum absolute atomic E-state index is 0.0807. The highest BCUT2D eigenvalue weighted by molar-refractivity contribution is 7.89. The van der Waals surface area contributed by atoms with Crippen molar-refractivity contribution in [3.8, 4) is 17.6 Å². The fourth-order valence-corrected chi connectivity index (χ4v) is 5.42. The third-order valence-corrected chi connectivity index (χ3v) is 7.78. The van der Waals surface area contributed by atoms with Crippen LogP contribution < -0.4 is 14.8 Å². The van der Waals surface area contributed by atoms with Gasteiger partial charge in [0.1, 0.15) is 13.2 Å². The number of benzene rings is 2. The number of amides is 1. The molecular formula is C23H25N3O5S. The van der Waals surface area contributed by atoms with Gasteiger partial charge in [-0.1, -0.05) is 6.07 Å². The molecule has 1 saturated heterocycles. The molecule has 1 N–H and O–H groups in total. The number of piperidine rings is 1. The van der Waals surface area contributed by atoms with Gasteiger partial charge in [-0.25, -0.2) is 8.42 Å². The first-order valence-corrected chi connectivity index (χ1v) is 12.0. The summed E-state index contributed by atoms with van der Waals surface area (Å²) in [5.41, 5.74) is 1.33. The summed E-state index contributed by atoms with van der Waals surface area (Å²) >= 11 is 0. The molecule has 4 rings (SSSR count). The molecule has 2 aliphatic rings. The highest BCUT2D eigenvalue weighted by Gasteiger charge is 2.32. The number of nitriles is 1. The Kier molecular flexibility index (Phi) is 6.35. The Labute approximate surface area is 187 Å². The van der Waals surface area contributed by atoms with Crippen LogP contribution in [0.2, 0.25) is 0 Å². The molecule has 32 heavy (non-hydrogen) atoms. The highest BCUT2D eigenvalue weighted by atomic mass is 32.2. The van der Waals surface area contributed by atoms with Gasteiger partial charge in [0.2, 0.25) is 15.9 Å². The van der Waals surface area contributed by atoms with Crippen LogP contribution in [0.1, 0.15) is 36.9 Å². The maximum absolute atomic E-state index is 12.9. The summed E-state index contributed by atoms with van der Waals surface area (Å²) in [4.78, 5) is 13.0. The van der Waals surface area contributed by atoms with E-state index in [0.29, 0.717) is 43.1 Å². The lowest BCUT2D eigenvalue weighted by Gasteiger charge is -2.31. The van der Waals surface area contributed by atoms with E-state index in [-0.39, 0.29) is 35.9 Å². The number of rotatable bonds is 5. The molecule has 9 heteroatoms. The van der Waals surface area contributed by atoms with Crippen molar-refractivity contribution in [1.82, 2.24) is 9.62 Å². The molecule has 168 valence electrons. The van der Waals surface area contributed by atoms with E-state index in [2.05, 4.69) is 5.32 Å². The normalized spacial score (nSPS) is 17.9. The Bertz CT molecular complexity index is 1130. The third kappa shape index (κ3) is 4.56. The maximum Gasteiger partial charge on any atom is 0.243 e. The van der Waals surface area contributed by atoms with E-state index >= 15 is 0 Å². The number of ether oxygens (including phenoxy) is 2. The second kappa shape index (κ2) is 9.18. The van der Waals surface area contributed by atoms with Crippen molar-refractivity contribution in [3.05, 3.63) is 53.6 Å². The van der Waals surface area contributed by atoms with E-state index in [1.54, 1.807) is 0 Å². The zero-order valence-electron chi connectivity index (χ0n) is 17.8. The Morgan fingerprint density at radius 2 is 1.75 bits per heavy atom. The van der Waals surface area contributed by atoms with E-state index in [0.717, 1.165) is 5.56 Å². The van der Waals surface area contributed by atoms with Crippen LogP contribution in [0, 0.1) is 17.2 Å². The number of hydrogen-bond acceptors (Lipinski definition) is 6. The molecule has 2 aromatic carbocycles. The lowest BCUT2D eigenvalue weighted by molar-refractivity contribution is -0.126. The molecule has 2 aromatic rings. The molecule has 0 bridgehead atoms. The van der Waals surface area contributed by atoms with Crippen molar-refractivity contribution in [2.75, 3.05) is 26.3 Å². The molecule has 8 nitrogen and oxygen atoms in total. The fourth-order valence-electron chi connectivity index (χ4n) is 3.95. The van der Waals surface area contributed by atoms with E-state index < -0.39 is 10.0 Å². The number of sulfonamides is 1. The molecule has 1 fully saturated rings. The predicted molar refractivity (Wildman–Crippen MR) is 117 cm³/mol. The van der Waals surface area contributed by atoms with Gasteiger partial charge in [-0.2, -0.15) is 9.57 Å². The van der Waals surface area contributed by atoms with Crippen LogP contribution in [-0.4, -0.2) is 44.9 Å². The number of carbonyl (C=O) groups is 1. The van der Waals surface area contributed by atoms with E-state index in [1.165, 1.54) is 28.6 Å².